The fourth-order valence-electron chi connectivity index (χ4n) is 2.52. The molecule has 1 rings (SSSR count). The van der Waals surface area contributed by atoms with Gasteiger partial charge in [0.05, 0.1) is 17.9 Å². The molecule has 0 aromatic rings. The Morgan fingerprint density at radius 3 is 1.20 bits per heavy atom. The summed E-state index contributed by atoms with van der Waals surface area (Å²) in [6, 6.07) is 0. The van der Waals surface area contributed by atoms with Crippen LogP contribution in [-0.4, -0.2) is 105 Å². The maximum Gasteiger partial charge on any atom is 3.00 e. The first-order valence-corrected chi connectivity index (χ1v) is 7.84. The number of aliphatic carboxylic acids is 3. The Bertz CT molecular complexity index is 410. The quantitative estimate of drug-likeness (QED) is 0.370. The van der Waals surface area contributed by atoms with Gasteiger partial charge in [-0.1, -0.05) is 0 Å². The first-order valence-electron chi connectivity index (χ1n) is 7.84. The van der Waals surface area contributed by atoms with Crippen LogP contribution in [0.25, 0.3) is 0 Å². The molecule has 1 radical (unpaired) electrons. The Labute approximate surface area is 177 Å². The van der Waals surface area contributed by atoms with Crippen molar-refractivity contribution in [1.82, 2.24) is 20.0 Å². The zero-order chi connectivity index (χ0) is 17.9. The largest absolute Gasteiger partial charge is 3.00 e. The van der Waals surface area contributed by atoms with Gasteiger partial charge in [-0.15, -0.1) is 0 Å². The molecule has 0 aromatic heterocycles. The van der Waals surface area contributed by atoms with E-state index in [9.17, 15) is 29.7 Å². The van der Waals surface area contributed by atoms with Crippen molar-refractivity contribution >= 4 is 17.9 Å². The first kappa shape index (κ1) is 24.5. The molecule has 25 heavy (non-hydrogen) atoms. The van der Waals surface area contributed by atoms with Crippen molar-refractivity contribution in [2.45, 2.75) is 0 Å². The summed E-state index contributed by atoms with van der Waals surface area (Å²) >= 11 is 0. The van der Waals surface area contributed by atoms with Crippen LogP contribution < -0.4 is 20.6 Å². The van der Waals surface area contributed by atoms with E-state index in [1.165, 1.54) is 0 Å². The van der Waals surface area contributed by atoms with Crippen molar-refractivity contribution in [3.05, 3.63) is 0 Å². The summed E-state index contributed by atoms with van der Waals surface area (Å²) in [5.41, 5.74) is 0. The second-order valence-corrected chi connectivity index (χ2v) is 5.69. The van der Waals surface area contributed by atoms with E-state index < -0.39 is 17.9 Å². The number of nitrogens with zero attached hydrogens (tertiary/aromatic N) is 3. The third-order valence-electron chi connectivity index (χ3n) is 3.73. The van der Waals surface area contributed by atoms with Gasteiger partial charge in [-0.05, 0) is 0 Å². The molecule has 1 saturated heterocycles. The summed E-state index contributed by atoms with van der Waals surface area (Å²) in [4.78, 5) is 37.4. The van der Waals surface area contributed by atoms with Crippen molar-refractivity contribution in [3.8, 4) is 0 Å². The molecule has 10 nitrogen and oxygen atoms in total. The van der Waals surface area contributed by atoms with Crippen molar-refractivity contribution in [2.75, 3.05) is 72.0 Å². The molecule has 0 aliphatic carbocycles. The third kappa shape index (κ3) is 12.5. The molecule has 1 aliphatic rings. The smallest absolute Gasteiger partial charge is 0.549 e. The van der Waals surface area contributed by atoms with Gasteiger partial charge in [0.25, 0.3) is 0 Å². The van der Waals surface area contributed by atoms with Crippen LogP contribution in [0.2, 0.25) is 0 Å². The van der Waals surface area contributed by atoms with Gasteiger partial charge in [0, 0.05) is 72.0 Å². The molecule has 0 bridgehead atoms. The van der Waals surface area contributed by atoms with E-state index >= 15 is 0 Å². The molecule has 1 fully saturated rings. The minimum absolute atomic E-state index is 0. The number of carboxylic acid groups (broad SMARTS) is 3. The predicted octanol–water partition coefficient (Wildman–Crippen LogP) is -6.25. The molecular weight excluding hydrogens is 483 g/mol. The second kappa shape index (κ2) is 13.7. The minimum Gasteiger partial charge on any atom is -0.549 e. The zero-order valence-electron chi connectivity index (χ0n) is 13.9. The van der Waals surface area contributed by atoms with Gasteiger partial charge in [-0.25, -0.2) is 0 Å². The van der Waals surface area contributed by atoms with E-state index in [-0.39, 0.29) is 57.8 Å². The molecule has 0 amide bonds. The Morgan fingerprint density at radius 2 is 0.920 bits per heavy atom. The van der Waals surface area contributed by atoms with Gasteiger partial charge in [0.15, 0.2) is 0 Å². The number of hydrogen-bond acceptors (Lipinski definition) is 10. The Morgan fingerprint density at radius 1 is 0.640 bits per heavy atom. The van der Waals surface area contributed by atoms with E-state index in [1.54, 1.807) is 14.7 Å². The van der Waals surface area contributed by atoms with Crippen LogP contribution in [0.3, 0.4) is 0 Å². The van der Waals surface area contributed by atoms with Crippen molar-refractivity contribution in [3.63, 3.8) is 0 Å². The molecule has 0 saturated carbocycles. The number of carboxylic acids is 3. The van der Waals surface area contributed by atoms with Crippen LogP contribution in [0.4, 0.5) is 0 Å². The van der Waals surface area contributed by atoms with Crippen LogP contribution in [0.1, 0.15) is 0 Å². The van der Waals surface area contributed by atoms with Crippen LogP contribution in [0.5, 0.6) is 0 Å². The monoisotopic (exact) mass is 507 g/mol. The molecule has 145 valence electrons. The zero-order valence-corrected chi connectivity index (χ0v) is 15.9. The molecule has 0 spiro atoms. The van der Waals surface area contributed by atoms with Crippen LogP contribution in [-0.2, 0) is 14.4 Å². The minimum atomic E-state index is -1.23. The standard InChI is InChI=1S/C14H26N4O6.Dy/c19-12(20)9-16-3-1-15-2-4-17(10-13(21)22)6-8-18(7-5-16)11-14(23)24;/h15H,1-11H2,(H,19,20)(H,21,22)(H,23,24);/q;+3/p-3. The number of carbonyl (C=O) groups is 3. The van der Waals surface area contributed by atoms with E-state index in [2.05, 4.69) is 5.32 Å². The first-order chi connectivity index (χ1) is 11.4. The van der Waals surface area contributed by atoms with Gasteiger partial charge >= 0.3 is 38.2 Å². The molecule has 11 heteroatoms. The number of hydrogen-bond donors (Lipinski definition) is 1. The third-order valence-corrected chi connectivity index (χ3v) is 3.73. The van der Waals surface area contributed by atoms with Crippen LogP contribution in [0.15, 0.2) is 0 Å². The second-order valence-electron chi connectivity index (χ2n) is 5.69. The molecule has 0 atom stereocenters. The Balaban J connectivity index is 0.00000576. The summed E-state index contributed by atoms with van der Waals surface area (Å²) in [7, 11) is 0. The average Bonchev–Trinajstić information content (AvgIpc) is 2.45. The Hall–Kier alpha value is -0.477. The molecule has 0 aromatic carbocycles. The van der Waals surface area contributed by atoms with E-state index in [4.69, 9.17) is 0 Å². The van der Waals surface area contributed by atoms with Gasteiger partial charge in [0.2, 0.25) is 0 Å². The summed E-state index contributed by atoms with van der Waals surface area (Å²) in [5, 5.41) is 35.6. The maximum atomic E-state index is 10.9. The molecule has 1 heterocycles. The molecule has 0 unspecified atom stereocenters. The van der Waals surface area contributed by atoms with Crippen molar-refractivity contribution in [2.24, 2.45) is 0 Å². The summed E-state index contributed by atoms with van der Waals surface area (Å²) in [6.07, 6.45) is 0. The van der Waals surface area contributed by atoms with Crippen LogP contribution >= 0.6 is 0 Å². The van der Waals surface area contributed by atoms with E-state index in [0.717, 1.165) is 0 Å². The topological polar surface area (TPSA) is 142 Å². The van der Waals surface area contributed by atoms with Gasteiger partial charge < -0.3 is 35.0 Å². The van der Waals surface area contributed by atoms with Gasteiger partial charge in [-0.3, -0.25) is 14.7 Å². The maximum absolute atomic E-state index is 10.9. The number of nitrogens with one attached hydrogen (secondary N) is 1. The van der Waals surface area contributed by atoms with E-state index in [1.807, 2.05) is 0 Å². The molecule has 1 N–H and O–H groups in total. The van der Waals surface area contributed by atoms with Crippen LogP contribution in [0, 0.1) is 38.2 Å². The molecule has 1 aliphatic heterocycles. The Kier molecular flexibility index (Phi) is 13.4. The summed E-state index contributed by atoms with van der Waals surface area (Å²) < 4.78 is 0. The SMILES string of the molecule is O=C([O-])CN1CCNCCN(CC(=O)[O-])CCN(CC(=O)[O-])CC1.[Dy+3]. The summed E-state index contributed by atoms with van der Waals surface area (Å²) in [6.45, 7) is 2.65. The normalized spacial score (nSPS) is 19.2. The van der Waals surface area contributed by atoms with Gasteiger partial charge in [-0.2, -0.15) is 0 Å². The van der Waals surface area contributed by atoms with E-state index in [0.29, 0.717) is 52.4 Å². The van der Waals surface area contributed by atoms with Crippen molar-refractivity contribution in [1.29, 1.82) is 0 Å². The predicted molar refractivity (Wildman–Crippen MR) is 77.2 cm³/mol. The molecular formula is C14H23DyN4O6. The fraction of sp³-hybridized carbons (Fsp3) is 0.786. The average molecular weight is 506 g/mol. The fourth-order valence-corrected chi connectivity index (χ4v) is 2.52. The van der Waals surface area contributed by atoms with Gasteiger partial charge in [0.1, 0.15) is 0 Å². The van der Waals surface area contributed by atoms with Crippen molar-refractivity contribution < 1.29 is 67.9 Å². The number of rotatable bonds is 6. The number of carbonyl (C=O) groups excluding carboxylic acids is 3. The summed E-state index contributed by atoms with van der Waals surface area (Å²) in [5.74, 6) is -3.61.